The first-order chi connectivity index (χ1) is 13.4. The third-order valence-corrected chi connectivity index (χ3v) is 9.68. The maximum atomic E-state index is 13.1. The second-order valence-corrected chi connectivity index (χ2v) is 12.4. The molecule has 2 atom stereocenters. The van der Waals surface area contributed by atoms with Crippen LogP contribution in [0.3, 0.4) is 0 Å². The number of benzene rings is 2. The minimum Gasteiger partial charge on any atom is -0.467 e. The first-order valence-electron chi connectivity index (χ1n) is 9.57. The topological polar surface area (TPSA) is 55.8 Å². The van der Waals surface area contributed by atoms with Gasteiger partial charge in [0.1, 0.15) is 20.7 Å². The fourth-order valence-electron chi connectivity index (χ4n) is 4.00. The number of ether oxygens (including phenoxy) is 2. The average molecular weight is 398 g/mol. The molecule has 0 aromatic heterocycles. The number of amides is 1. The van der Waals surface area contributed by atoms with E-state index in [1.54, 1.807) is 4.90 Å². The van der Waals surface area contributed by atoms with Crippen molar-refractivity contribution in [3.8, 4) is 0 Å². The van der Waals surface area contributed by atoms with Crippen LogP contribution in [-0.2, 0) is 20.9 Å². The number of methoxy groups -OCH3 is 1. The van der Waals surface area contributed by atoms with Gasteiger partial charge < -0.3 is 9.47 Å². The number of carbonyl (C=O) groups is 2. The summed E-state index contributed by atoms with van der Waals surface area (Å²) in [6.45, 7) is 4.67. The number of esters is 1. The van der Waals surface area contributed by atoms with E-state index in [4.69, 9.17) is 9.47 Å². The number of carbonyl (C=O) groups excluding carboxylic acids is 2. The highest BCUT2D eigenvalue weighted by Crippen LogP contribution is 2.32. The van der Waals surface area contributed by atoms with E-state index >= 15 is 0 Å². The first-order valence-corrected chi connectivity index (χ1v) is 12.6. The van der Waals surface area contributed by atoms with Crippen molar-refractivity contribution in [1.29, 1.82) is 0 Å². The zero-order valence-electron chi connectivity index (χ0n) is 16.6. The Kier molecular flexibility index (Phi) is 6.19. The third-order valence-electron chi connectivity index (χ3n) is 5.63. The molecule has 1 fully saturated rings. The number of rotatable bonds is 5. The van der Waals surface area contributed by atoms with Gasteiger partial charge in [-0.2, -0.15) is 0 Å². The summed E-state index contributed by atoms with van der Waals surface area (Å²) < 4.78 is 10.6. The van der Waals surface area contributed by atoms with Crippen molar-refractivity contribution in [3.05, 3.63) is 66.2 Å². The minimum atomic E-state index is -2.06. The van der Waals surface area contributed by atoms with Gasteiger partial charge in [-0.1, -0.05) is 78.9 Å². The van der Waals surface area contributed by atoms with E-state index in [0.717, 1.165) is 12.0 Å². The summed E-state index contributed by atoms with van der Waals surface area (Å²) >= 11 is 0. The van der Waals surface area contributed by atoms with Crippen LogP contribution in [0.15, 0.2) is 60.7 Å². The highest BCUT2D eigenvalue weighted by Gasteiger charge is 2.50. The SMILES string of the molecule is COC(=O)[C@@H]1CCC([Si](C)(C)c2ccccc2)N1C(=O)OCc1ccccc1. The Morgan fingerprint density at radius 3 is 2.21 bits per heavy atom. The molecule has 1 saturated heterocycles. The van der Waals surface area contributed by atoms with Gasteiger partial charge in [0.2, 0.25) is 0 Å². The van der Waals surface area contributed by atoms with Crippen molar-refractivity contribution in [3.63, 3.8) is 0 Å². The molecule has 0 N–H and O–H groups in total. The summed E-state index contributed by atoms with van der Waals surface area (Å²) in [4.78, 5) is 27.1. The summed E-state index contributed by atoms with van der Waals surface area (Å²) in [5.41, 5.74) is 0.892. The molecule has 2 aromatic rings. The van der Waals surface area contributed by atoms with E-state index in [2.05, 4.69) is 25.2 Å². The second-order valence-electron chi connectivity index (χ2n) is 7.67. The molecule has 0 bridgehead atoms. The minimum absolute atomic E-state index is 0.0257. The van der Waals surface area contributed by atoms with E-state index in [1.165, 1.54) is 12.3 Å². The van der Waals surface area contributed by atoms with Crippen molar-refractivity contribution in [2.45, 2.75) is 44.2 Å². The van der Waals surface area contributed by atoms with Crippen LogP contribution in [0.2, 0.25) is 13.1 Å². The Morgan fingerprint density at radius 1 is 1.00 bits per heavy atom. The van der Waals surface area contributed by atoms with Gasteiger partial charge in [0.15, 0.2) is 0 Å². The summed E-state index contributed by atoms with van der Waals surface area (Å²) in [5, 5.41) is 1.26. The van der Waals surface area contributed by atoms with Crippen molar-refractivity contribution in [1.82, 2.24) is 4.90 Å². The highest BCUT2D eigenvalue weighted by atomic mass is 28.3. The van der Waals surface area contributed by atoms with Gasteiger partial charge in [-0.25, -0.2) is 9.59 Å². The molecule has 1 unspecified atom stereocenters. The maximum absolute atomic E-state index is 13.1. The van der Waals surface area contributed by atoms with Crippen LogP contribution >= 0.6 is 0 Å². The largest absolute Gasteiger partial charge is 0.467 e. The normalized spacial score (nSPS) is 19.3. The lowest BCUT2D eigenvalue weighted by atomic mass is 10.2. The van der Waals surface area contributed by atoms with Gasteiger partial charge in [-0.3, -0.25) is 4.90 Å². The number of likely N-dealkylation sites (tertiary alicyclic amines) is 1. The van der Waals surface area contributed by atoms with E-state index < -0.39 is 20.2 Å². The van der Waals surface area contributed by atoms with Crippen LogP contribution in [-0.4, -0.2) is 43.9 Å². The molecule has 0 saturated carbocycles. The summed E-state index contributed by atoms with van der Waals surface area (Å²) in [5.74, 6) is -0.378. The van der Waals surface area contributed by atoms with E-state index in [0.29, 0.717) is 6.42 Å². The van der Waals surface area contributed by atoms with Gasteiger partial charge in [0.05, 0.1) is 7.11 Å². The van der Waals surface area contributed by atoms with Crippen LogP contribution < -0.4 is 5.19 Å². The molecule has 148 valence electrons. The van der Waals surface area contributed by atoms with Crippen LogP contribution in [0.5, 0.6) is 0 Å². The van der Waals surface area contributed by atoms with Gasteiger partial charge in [0.25, 0.3) is 0 Å². The molecule has 28 heavy (non-hydrogen) atoms. The smallest absolute Gasteiger partial charge is 0.410 e. The Morgan fingerprint density at radius 2 is 1.61 bits per heavy atom. The molecular formula is C22H27NO4Si. The van der Waals surface area contributed by atoms with Crippen molar-refractivity contribution in [2.75, 3.05) is 7.11 Å². The van der Waals surface area contributed by atoms with Crippen molar-refractivity contribution in [2.24, 2.45) is 0 Å². The standard InChI is InChI=1S/C22H27NO4Si/c1-26-21(24)19-14-15-20(28(2,3)18-12-8-5-9-13-18)23(19)22(25)27-16-17-10-6-4-7-11-17/h4-13,19-20H,14-16H2,1-3H3/t19-,20?/m0/s1. The van der Waals surface area contributed by atoms with Crippen LogP contribution in [0.1, 0.15) is 18.4 Å². The fraction of sp³-hybridized carbons (Fsp3) is 0.364. The predicted octanol–water partition coefficient (Wildman–Crippen LogP) is 3.48. The molecule has 5 nitrogen and oxygen atoms in total. The number of hydrogen-bond acceptors (Lipinski definition) is 4. The van der Waals surface area contributed by atoms with Crippen LogP contribution in [0.4, 0.5) is 4.79 Å². The van der Waals surface area contributed by atoms with E-state index in [-0.39, 0.29) is 18.2 Å². The summed E-state index contributed by atoms with van der Waals surface area (Å²) in [6.07, 6.45) is 0.924. The first kappa shape index (κ1) is 20.1. The van der Waals surface area contributed by atoms with Crippen molar-refractivity contribution < 1.29 is 19.1 Å². The molecule has 0 spiro atoms. The zero-order valence-corrected chi connectivity index (χ0v) is 17.6. The molecule has 3 rings (SSSR count). The molecule has 1 heterocycles. The molecule has 6 heteroatoms. The molecular weight excluding hydrogens is 370 g/mol. The lowest BCUT2D eigenvalue weighted by molar-refractivity contribution is -0.145. The number of nitrogens with zero attached hydrogens (tertiary/aromatic N) is 1. The maximum Gasteiger partial charge on any atom is 0.410 e. The quantitative estimate of drug-likeness (QED) is 0.573. The highest BCUT2D eigenvalue weighted by molar-refractivity contribution is 6.91. The Hall–Kier alpha value is -2.60. The molecule has 0 aliphatic carbocycles. The fourth-order valence-corrected chi connectivity index (χ4v) is 7.30. The van der Waals surface area contributed by atoms with Crippen LogP contribution in [0.25, 0.3) is 0 Å². The van der Waals surface area contributed by atoms with E-state index in [1.807, 2.05) is 48.5 Å². The zero-order chi connectivity index (χ0) is 20.1. The lowest BCUT2D eigenvalue weighted by Crippen LogP contribution is -2.61. The Labute approximate surface area is 167 Å². The molecule has 0 radical (unpaired) electrons. The predicted molar refractivity (Wildman–Crippen MR) is 111 cm³/mol. The van der Waals surface area contributed by atoms with E-state index in [9.17, 15) is 9.59 Å². The average Bonchev–Trinajstić information content (AvgIpc) is 3.19. The molecule has 2 aromatic carbocycles. The van der Waals surface area contributed by atoms with Crippen LogP contribution in [0, 0.1) is 0 Å². The molecule has 1 amide bonds. The summed E-state index contributed by atoms with van der Waals surface area (Å²) in [6, 6.07) is 19.2. The third kappa shape index (κ3) is 4.12. The molecule has 1 aliphatic rings. The number of hydrogen-bond donors (Lipinski definition) is 0. The van der Waals surface area contributed by atoms with Gasteiger partial charge in [-0.05, 0) is 18.4 Å². The second kappa shape index (κ2) is 8.60. The van der Waals surface area contributed by atoms with Gasteiger partial charge >= 0.3 is 12.1 Å². The van der Waals surface area contributed by atoms with Crippen molar-refractivity contribution >= 4 is 25.3 Å². The Balaban J connectivity index is 1.84. The van der Waals surface area contributed by atoms with Gasteiger partial charge in [-0.15, -0.1) is 0 Å². The lowest BCUT2D eigenvalue weighted by Gasteiger charge is -2.37. The Bertz CT molecular complexity index is 810. The monoisotopic (exact) mass is 397 g/mol. The summed E-state index contributed by atoms with van der Waals surface area (Å²) in [7, 11) is -0.700. The van der Waals surface area contributed by atoms with Gasteiger partial charge in [0, 0.05) is 5.67 Å². The molecule has 1 aliphatic heterocycles.